The first-order chi connectivity index (χ1) is 10.7. The standard InChI is InChI=1S/C18H24N2O2/c1-12-10-13(18(21)22-2)11-15-14-6-3-4-7-16(14)20(17(12)15)9-5-8-19/h10-11H,3-9,19H2,1-2H3. The molecule has 0 spiro atoms. The summed E-state index contributed by atoms with van der Waals surface area (Å²) in [6.07, 6.45) is 5.68. The summed E-state index contributed by atoms with van der Waals surface area (Å²) in [6.45, 7) is 3.74. The molecular formula is C18H24N2O2. The topological polar surface area (TPSA) is 57.2 Å². The molecule has 0 aliphatic heterocycles. The molecule has 0 saturated carbocycles. The summed E-state index contributed by atoms with van der Waals surface area (Å²) < 4.78 is 7.33. The van der Waals surface area contributed by atoms with E-state index in [0.717, 1.165) is 31.4 Å². The van der Waals surface area contributed by atoms with Crippen molar-refractivity contribution in [2.75, 3.05) is 13.7 Å². The zero-order valence-corrected chi connectivity index (χ0v) is 13.4. The fraction of sp³-hybridized carbons (Fsp3) is 0.500. The van der Waals surface area contributed by atoms with Crippen molar-refractivity contribution >= 4 is 16.9 Å². The van der Waals surface area contributed by atoms with Gasteiger partial charge >= 0.3 is 5.97 Å². The van der Waals surface area contributed by atoms with Crippen LogP contribution in [-0.2, 0) is 24.1 Å². The van der Waals surface area contributed by atoms with E-state index in [0.29, 0.717) is 12.1 Å². The lowest BCUT2D eigenvalue weighted by Gasteiger charge is -2.16. The van der Waals surface area contributed by atoms with Gasteiger partial charge in [0.1, 0.15) is 0 Å². The highest BCUT2D eigenvalue weighted by atomic mass is 16.5. The smallest absolute Gasteiger partial charge is 0.337 e. The molecule has 0 atom stereocenters. The number of esters is 1. The Morgan fingerprint density at radius 2 is 2.09 bits per heavy atom. The van der Waals surface area contributed by atoms with Gasteiger partial charge in [0.15, 0.2) is 0 Å². The number of aryl methyl sites for hydroxylation is 3. The van der Waals surface area contributed by atoms with Crippen LogP contribution in [0.2, 0.25) is 0 Å². The molecule has 2 N–H and O–H groups in total. The number of methoxy groups -OCH3 is 1. The molecule has 1 aliphatic rings. The first kappa shape index (κ1) is 15.1. The number of carbonyl (C=O) groups excluding carboxylic acids is 1. The lowest BCUT2D eigenvalue weighted by atomic mass is 9.94. The Morgan fingerprint density at radius 1 is 1.32 bits per heavy atom. The monoisotopic (exact) mass is 300 g/mol. The molecule has 1 aliphatic carbocycles. The lowest BCUT2D eigenvalue weighted by Crippen LogP contribution is -2.11. The van der Waals surface area contributed by atoms with Crippen molar-refractivity contribution in [3.63, 3.8) is 0 Å². The van der Waals surface area contributed by atoms with Gasteiger partial charge in [0.25, 0.3) is 0 Å². The number of ether oxygens (including phenoxy) is 1. The number of benzene rings is 1. The van der Waals surface area contributed by atoms with Gasteiger partial charge in [0.05, 0.1) is 18.2 Å². The predicted octanol–water partition coefficient (Wildman–Crippen LogP) is 2.96. The summed E-state index contributed by atoms with van der Waals surface area (Å²) in [5, 5.41) is 1.23. The number of hydrogen-bond acceptors (Lipinski definition) is 3. The predicted molar refractivity (Wildman–Crippen MR) is 88.3 cm³/mol. The molecule has 3 rings (SSSR count). The average molecular weight is 300 g/mol. The van der Waals surface area contributed by atoms with E-state index in [-0.39, 0.29) is 5.97 Å². The number of rotatable bonds is 4. The van der Waals surface area contributed by atoms with Crippen LogP contribution in [0.1, 0.15) is 46.4 Å². The molecule has 1 heterocycles. The molecule has 0 radical (unpaired) electrons. The Morgan fingerprint density at radius 3 is 2.82 bits per heavy atom. The highest BCUT2D eigenvalue weighted by Crippen LogP contribution is 2.35. The molecule has 0 unspecified atom stereocenters. The summed E-state index contributed by atoms with van der Waals surface area (Å²) in [4.78, 5) is 11.9. The normalized spacial score (nSPS) is 14.1. The third-order valence-corrected chi connectivity index (χ3v) is 4.67. The van der Waals surface area contributed by atoms with E-state index in [1.807, 2.05) is 12.1 Å². The number of aromatic nitrogens is 1. The number of nitrogens with zero attached hydrogens (tertiary/aromatic N) is 1. The van der Waals surface area contributed by atoms with Crippen LogP contribution >= 0.6 is 0 Å². The van der Waals surface area contributed by atoms with Crippen LogP contribution in [0.4, 0.5) is 0 Å². The van der Waals surface area contributed by atoms with Crippen molar-refractivity contribution < 1.29 is 9.53 Å². The van der Waals surface area contributed by atoms with Crippen molar-refractivity contribution in [3.05, 3.63) is 34.5 Å². The van der Waals surface area contributed by atoms with Gasteiger partial charge in [-0.05, 0) is 68.8 Å². The maximum absolute atomic E-state index is 11.9. The zero-order valence-electron chi connectivity index (χ0n) is 13.4. The molecule has 0 amide bonds. The second-order valence-electron chi connectivity index (χ2n) is 6.11. The average Bonchev–Trinajstić information content (AvgIpc) is 2.86. The summed E-state index contributed by atoms with van der Waals surface area (Å²) in [7, 11) is 1.43. The van der Waals surface area contributed by atoms with E-state index < -0.39 is 0 Å². The minimum absolute atomic E-state index is 0.260. The van der Waals surface area contributed by atoms with Gasteiger partial charge in [-0.2, -0.15) is 0 Å². The Hall–Kier alpha value is -1.81. The van der Waals surface area contributed by atoms with Gasteiger partial charge in [-0.1, -0.05) is 0 Å². The molecule has 0 saturated heterocycles. The first-order valence-corrected chi connectivity index (χ1v) is 8.10. The van der Waals surface area contributed by atoms with Gasteiger partial charge < -0.3 is 15.0 Å². The van der Waals surface area contributed by atoms with E-state index in [9.17, 15) is 4.79 Å². The molecular weight excluding hydrogens is 276 g/mol. The van der Waals surface area contributed by atoms with Crippen LogP contribution in [0.5, 0.6) is 0 Å². The fourth-order valence-corrected chi connectivity index (χ4v) is 3.71. The van der Waals surface area contributed by atoms with Crippen molar-refractivity contribution in [3.8, 4) is 0 Å². The lowest BCUT2D eigenvalue weighted by molar-refractivity contribution is 0.0601. The Kier molecular flexibility index (Phi) is 4.21. The summed E-state index contributed by atoms with van der Waals surface area (Å²) in [5.41, 5.74) is 11.6. The summed E-state index contributed by atoms with van der Waals surface area (Å²) >= 11 is 0. The number of carbonyl (C=O) groups is 1. The van der Waals surface area contributed by atoms with Crippen LogP contribution in [0, 0.1) is 6.92 Å². The molecule has 4 heteroatoms. The minimum atomic E-state index is -0.260. The van der Waals surface area contributed by atoms with Crippen LogP contribution in [0.3, 0.4) is 0 Å². The molecule has 2 aromatic rings. The van der Waals surface area contributed by atoms with E-state index in [1.165, 1.54) is 42.1 Å². The quantitative estimate of drug-likeness (QED) is 0.883. The van der Waals surface area contributed by atoms with E-state index in [1.54, 1.807) is 0 Å². The van der Waals surface area contributed by atoms with Crippen LogP contribution in [0.15, 0.2) is 12.1 Å². The van der Waals surface area contributed by atoms with Gasteiger partial charge in [0, 0.05) is 17.6 Å². The van der Waals surface area contributed by atoms with Gasteiger partial charge in [-0.15, -0.1) is 0 Å². The molecule has 0 fully saturated rings. The van der Waals surface area contributed by atoms with Crippen LogP contribution in [-0.4, -0.2) is 24.2 Å². The van der Waals surface area contributed by atoms with Crippen molar-refractivity contribution in [2.24, 2.45) is 5.73 Å². The second-order valence-corrected chi connectivity index (χ2v) is 6.11. The largest absolute Gasteiger partial charge is 0.465 e. The number of hydrogen-bond donors (Lipinski definition) is 1. The second kappa shape index (κ2) is 6.13. The molecule has 4 nitrogen and oxygen atoms in total. The first-order valence-electron chi connectivity index (χ1n) is 8.10. The maximum Gasteiger partial charge on any atom is 0.337 e. The third-order valence-electron chi connectivity index (χ3n) is 4.67. The highest BCUT2D eigenvalue weighted by molar-refractivity contribution is 5.98. The van der Waals surface area contributed by atoms with Crippen LogP contribution < -0.4 is 5.73 Å². The molecule has 118 valence electrons. The molecule has 1 aromatic heterocycles. The minimum Gasteiger partial charge on any atom is -0.465 e. The molecule has 1 aromatic carbocycles. The maximum atomic E-state index is 11.9. The Labute approximate surface area is 131 Å². The zero-order chi connectivity index (χ0) is 15.7. The van der Waals surface area contributed by atoms with Crippen molar-refractivity contribution in [2.45, 2.75) is 45.6 Å². The SMILES string of the molecule is COC(=O)c1cc(C)c2c(c1)c1c(n2CCCN)CCCC1. The molecule has 0 bridgehead atoms. The third kappa shape index (κ3) is 2.41. The van der Waals surface area contributed by atoms with E-state index in [4.69, 9.17) is 10.5 Å². The van der Waals surface area contributed by atoms with Gasteiger partial charge in [0.2, 0.25) is 0 Å². The van der Waals surface area contributed by atoms with Crippen molar-refractivity contribution in [1.82, 2.24) is 4.57 Å². The summed E-state index contributed by atoms with van der Waals surface area (Å²) in [6, 6.07) is 3.95. The highest BCUT2D eigenvalue weighted by Gasteiger charge is 2.22. The van der Waals surface area contributed by atoms with Crippen molar-refractivity contribution in [1.29, 1.82) is 0 Å². The number of fused-ring (bicyclic) bond motifs is 3. The fourth-order valence-electron chi connectivity index (χ4n) is 3.71. The molecule has 22 heavy (non-hydrogen) atoms. The van der Waals surface area contributed by atoms with Gasteiger partial charge in [-0.25, -0.2) is 4.79 Å². The summed E-state index contributed by atoms with van der Waals surface area (Å²) in [5.74, 6) is -0.260. The Bertz CT molecular complexity index is 716. The van der Waals surface area contributed by atoms with Gasteiger partial charge in [-0.3, -0.25) is 0 Å². The van der Waals surface area contributed by atoms with E-state index in [2.05, 4.69) is 11.5 Å². The van der Waals surface area contributed by atoms with E-state index >= 15 is 0 Å². The Balaban J connectivity index is 2.23. The van der Waals surface area contributed by atoms with Crippen LogP contribution in [0.25, 0.3) is 10.9 Å². The number of nitrogens with two attached hydrogens (primary N) is 1.